The summed E-state index contributed by atoms with van der Waals surface area (Å²) >= 11 is 0. The summed E-state index contributed by atoms with van der Waals surface area (Å²) in [7, 11) is 3.23. The van der Waals surface area contributed by atoms with Gasteiger partial charge in [0, 0.05) is 17.8 Å². The van der Waals surface area contributed by atoms with Gasteiger partial charge in [-0.25, -0.2) is 0 Å². The molecule has 0 radical (unpaired) electrons. The molecule has 0 atom stereocenters. The van der Waals surface area contributed by atoms with Crippen LogP contribution in [0.25, 0.3) is 10.8 Å². The van der Waals surface area contributed by atoms with Crippen LogP contribution in [-0.2, 0) is 6.42 Å². The topological polar surface area (TPSA) is 70.0 Å². The second kappa shape index (κ2) is 10.8. The van der Waals surface area contributed by atoms with Gasteiger partial charge in [0.25, 0.3) is 0 Å². The number of methoxy groups -OCH3 is 2. The normalized spacial score (nSPS) is 10.4. The fourth-order valence-electron chi connectivity index (χ4n) is 3.29. The average molecular weight is 434 g/mol. The van der Waals surface area contributed by atoms with Gasteiger partial charge in [0.05, 0.1) is 27.4 Å². The number of benzene rings is 2. The van der Waals surface area contributed by atoms with E-state index in [1.807, 2.05) is 38.2 Å². The van der Waals surface area contributed by atoms with E-state index in [4.69, 9.17) is 18.9 Å². The standard InChI is InChI=1S/C23H27NO5.ClH/c1-5-9-29-23-20(26-3)11-15(12-21(23)27-4)10-16-13-24-14-18-17(16)7-8-19(22(18)25)28-6-2;/h7-8,11-14,25H,5-6,9-10H2,1-4H3;1H. The van der Waals surface area contributed by atoms with Gasteiger partial charge in [-0.3, -0.25) is 4.98 Å². The first-order chi connectivity index (χ1) is 14.1. The van der Waals surface area contributed by atoms with E-state index in [1.165, 1.54) is 0 Å². The first kappa shape index (κ1) is 23.4. The predicted molar refractivity (Wildman–Crippen MR) is 120 cm³/mol. The Morgan fingerprint density at radius 3 is 2.20 bits per heavy atom. The number of phenols is 1. The van der Waals surface area contributed by atoms with Crippen LogP contribution in [0.3, 0.4) is 0 Å². The lowest BCUT2D eigenvalue weighted by molar-refractivity contribution is 0.274. The summed E-state index contributed by atoms with van der Waals surface area (Å²) in [5.74, 6) is 2.43. The molecule has 0 aliphatic heterocycles. The van der Waals surface area contributed by atoms with Crippen molar-refractivity contribution in [3.63, 3.8) is 0 Å². The number of halogens is 1. The lowest BCUT2D eigenvalue weighted by Gasteiger charge is -2.16. The molecule has 30 heavy (non-hydrogen) atoms. The van der Waals surface area contributed by atoms with Crippen molar-refractivity contribution in [2.45, 2.75) is 26.7 Å². The van der Waals surface area contributed by atoms with Gasteiger partial charge in [-0.2, -0.15) is 0 Å². The molecule has 0 unspecified atom stereocenters. The number of hydrogen-bond donors (Lipinski definition) is 1. The van der Waals surface area contributed by atoms with Crippen molar-refractivity contribution in [1.82, 2.24) is 4.98 Å². The Balaban J connectivity index is 0.00000320. The van der Waals surface area contributed by atoms with Crippen molar-refractivity contribution in [2.24, 2.45) is 0 Å². The molecule has 7 heteroatoms. The first-order valence-corrected chi connectivity index (χ1v) is 9.71. The zero-order valence-electron chi connectivity index (χ0n) is 17.7. The molecule has 3 rings (SSSR count). The van der Waals surface area contributed by atoms with Crippen molar-refractivity contribution in [3.8, 4) is 28.7 Å². The molecular weight excluding hydrogens is 406 g/mol. The molecule has 1 aromatic heterocycles. The summed E-state index contributed by atoms with van der Waals surface area (Å²) in [6.45, 7) is 5.00. The highest BCUT2D eigenvalue weighted by Gasteiger charge is 2.16. The third kappa shape index (κ3) is 4.82. The summed E-state index contributed by atoms with van der Waals surface area (Å²) in [5, 5.41) is 12.1. The van der Waals surface area contributed by atoms with Gasteiger partial charge in [-0.1, -0.05) is 13.0 Å². The van der Waals surface area contributed by atoms with Gasteiger partial charge in [0.1, 0.15) is 0 Å². The van der Waals surface area contributed by atoms with Crippen LogP contribution in [0.4, 0.5) is 0 Å². The maximum atomic E-state index is 10.5. The molecule has 0 aliphatic rings. The first-order valence-electron chi connectivity index (χ1n) is 9.71. The number of aromatic nitrogens is 1. The number of pyridine rings is 1. The van der Waals surface area contributed by atoms with Gasteiger partial charge in [-0.05, 0) is 54.5 Å². The van der Waals surface area contributed by atoms with Crippen molar-refractivity contribution in [2.75, 3.05) is 27.4 Å². The number of rotatable bonds is 9. The molecule has 0 saturated heterocycles. The molecule has 2 aromatic carbocycles. The Hall–Kier alpha value is -2.86. The Morgan fingerprint density at radius 1 is 0.900 bits per heavy atom. The number of nitrogens with zero attached hydrogens (tertiary/aromatic N) is 1. The molecular formula is C23H28ClNO5. The number of phenolic OH excluding ortho intramolecular Hbond substituents is 1. The summed E-state index contributed by atoms with van der Waals surface area (Å²) in [5.41, 5.74) is 1.97. The minimum absolute atomic E-state index is 0. The van der Waals surface area contributed by atoms with E-state index in [9.17, 15) is 5.11 Å². The molecule has 0 aliphatic carbocycles. The quantitative estimate of drug-likeness (QED) is 0.502. The number of hydrogen-bond acceptors (Lipinski definition) is 6. The van der Waals surface area contributed by atoms with Crippen molar-refractivity contribution in [1.29, 1.82) is 0 Å². The fourth-order valence-corrected chi connectivity index (χ4v) is 3.29. The monoisotopic (exact) mass is 433 g/mol. The maximum absolute atomic E-state index is 10.5. The van der Waals surface area contributed by atoms with Crippen LogP contribution in [-0.4, -0.2) is 37.5 Å². The summed E-state index contributed by atoms with van der Waals surface area (Å²) in [4.78, 5) is 4.31. The molecule has 0 amide bonds. The molecule has 3 aromatic rings. The van der Waals surface area contributed by atoms with Crippen molar-refractivity contribution < 1.29 is 24.1 Å². The molecule has 0 bridgehead atoms. The van der Waals surface area contributed by atoms with Gasteiger partial charge >= 0.3 is 0 Å². The lowest BCUT2D eigenvalue weighted by Crippen LogP contribution is -2.02. The molecule has 1 N–H and O–H groups in total. The number of fused-ring (bicyclic) bond motifs is 1. The van der Waals surface area contributed by atoms with Crippen LogP contribution in [0.1, 0.15) is 31.4 Å². The van der Waals surface area contributed by atoms with E-state index in [-0.39, 0.29) is 18.2 Å². The smallest absolute Gasteiger partial charge is 0.203 e. The molecule has 0 saturated carbocycles. The van der Waals surface area contributed by atoms with E-state index < -0.39 is 0 Å². The molecule has 0 fully saturated rings. The largest absolute Gasteiger partial charge is 0.504 e. The SMILES string of the molecule is CCCOc1c(OC)cc(Cc2cncc3c(O)c(OCC)ccc23)cc1OC.Cl. The van der Waals surface area contributed by atoms with E-state index >= 15 is 0 Å². The van der Waals surface area contributed by atoms with Crippen molar-refractivity contribution >= 4 is 23.2 Å². The second-order valence-corrected chi connectivity index (χ2v) is 6.59. The van der Waals surface area contributed by atoms with Crippen LogP contribution >= 0.6 is 12.4 Å². The average Bonchev–Trinajstić information content (AvgIpc) is 2.74. The van der Waals surface area contributed by atoms with Gasteiger partial charge < -0.3 is 24.1 Å². The maximum Gasteiger partial charge on any atom is 0.203 e. The third-order valence-electron chi connectivity index (χ3n) is 4.63. The van der Waals surface area contributed by atoms with E-state index in [0.717, 1.165) is 22.9 Å². The Morgan fingerprint density at radius 2 is 1.60 bits per heavy atom. The fraction of sp³-hybridized carbons (Fsp3) is 0.348. The minimum atomic E-state index is 0. The van der Waals surface area contributed by atoms with Gasteiger partial charge in [0.15, 0.2) is 23.0 Å². The lowest BCUT2D eigenvalue weighted by atomic mass is 9.99. The van der Waals surface area contributed by atoms with Crippen LogP contribution < -0.4 is 18.9 Å². The Bertz CT molecular complexity index is 968. The molecule has 6 nitrogen and oxygen atoms in total. The van der Waals surface area contributed by atoms with Crippen molar-refractivity contribution in [3.05, 3.63) is 47.8 Å². The molecule has 0 spiro atoms. The van der Waals surface area contributed by atoms with E-state index in [0.29, 0.717) is 48.0 Å². The summed E-state index contributed by atoms with van der Waals surface area (Å²) in [6.07, 6.45) is 4.95. The third-order valence-corrected chi connectivity index (χ3v) is 4.63. The number of ether oxygens (including phenoxy) is 4. The highest BCUT2D eigenvalue weighted by molar-refractivity contribution is 5.92. The van der Waals surface area contributed by atoms with E-state index in [2.05, 4.69) is 4.98 Å². The van der Waals surface area contributed by atoms with Crippen LogP contribution in [0, 0.1) is 0 Å². The second-order valence-electron chi connectivity index (χ2n) is 6.59. The summed E-state index contributed by atoms with van der Waals surface area (Å²) < 4.78 is 22.4. The number of aromatic hydroxyl groups is 1. The minimum Gasteiger partial charge on any atom is -0.504 e. The Kier molecular flexibility index (Phi) is 8.42. The highest BCUT2D eigenvalue weighted by Crippen LogP contribution is 2.40. The highest BCUT2D eigenvalue weighted by atomic mass is 35.5. The predicted octanol–water partition coefficient (Wildman–Crippen LogP) is 5.16. The van der Waals surface area contributed by atoms with Gasteiger partial charge in [-0.15, -0.1) is 12.4 Å². The zero-order chi connectivity index (χ0) is 20.8. The van der Waals surface area contributed by atoms with Crippen LogP contribution in [0.15, 0.2) is 36.7 Å². The summed E-state index contributed by atoms with van der Waals surface area (Å²) in [6, 6.07) is 7.62. The van der Waals surface area contributed by atoms with E-state index in [1.54, 1.807) is 26.5 Å². The van der Waals surface area contributed by atoms with Gasteiger partial charge in [0.2, 0.25) is 5.75 Å². The molecule has 1 heterocycles. The van der Waals surface area contributed by atoms with Crippen LogP contribution in [0.5, 0.6) is 28.7 Å². The van der Waals surface area contributed by atoms with Crippen LogP contribution in [0.2, 0.25) is 0 Å². The Labute approximate surface area is 183 Å². The molecule has 162 valence electrons. The zero-order valence-corrected chi connectivity index (χ0v) is 18.5.